The Bertz CT molecular complexity index is 140. The first-order chi connectivity index (χ1) is 4.04. The minimum Gasteiger partial charge on any atom is -0.550 e. The Kier molecular flexibility index (Phi) is 15.5. The summed E-state index contributed by atoms with van der Waals surface area (Å²) < 4.78 is 0. The number of carbonyl (C=O) groups excluding carboxylic acids is 2. The van der Waals surface area contributed by atoms with Gasteiger partial charge < -0.3 is 19.8 Å². The molecule has 0 aliphatic heterocycles. The molecule has 0 N–H and O–H groups in total. The van der Waals surface area contributed by atoms with Crippen molar-refractivity contribution in [3.63, 3.8) is 0 Å². The van der Waals surface area contributed by atoms with Gasteiger partial charge in [0.1, 0.15) is 0 Å². The van der Waals surface area contributed by atoms with Gasteiger partial charge in [0.05, 0.1) is 5.97 Å². The summed E-state index contributed by atoms with van der Waals surface area (Å²) in [6.45, 7) is 0. The zero-order valence-electron chi connectivity index (χ0n) is 6.36. The summed E-state index contributed by atoms with van der Waals surface area (Å²) in [4.78, 5) is 19.4. The summed E-state index contributed by atoms with van der Waals surface area (Å²) in [7, 11) is 0. The first kappa shape index (κ1) is 18.2. The van der Waals surface area contributed by atoms with Gasteiger partial charge in [-0.25, -0.2) is 0 Å². The van der Waals surface area contributed by atoms with E-state index in [1.54, 1.807) is 0 Å². The minimum atomic E-state index is -1.50. The molecule has 0 saturated heterocycles. The fraction of sp³-hybridized carbons (Fsp3) is 0.500. The molecule has 0 aromatic carbocycles. The molecular formula is C4H4Na2O4S. The van der Waals surface area contributed by atoms with E-state index < -0.39 is 23.6 Å². The first-order valence-electron chi connectivity index (χ1n) is 2.13. The molecule has 0 saturated carbocycles. The third-order valence-electron chi connectivity index (χ3n) is 0.632. The van der Waals surface area contributed by atoms with Crippen molar-refractivity contribution >= 4 is 24.6 Å². The second-order valence-corrected chi connectivity index (χ2v) is 2.03. The summed E-state index contributed by atoms with van der Waals surface area (Å²) in [6, 6.07) is 0. The number of carbonyl (C=O) groups is 2. The number of hydrogen-bond donors (Lipinski definition) is 1. The molecule has 0 aromatic rings. The molecule has 0 fully saturated rings. The Hall–Kier alpha value is 1.29. The van der Waals surface area contributed by atoms with Crippen LogP contribution in [-0.4, -0.2) is 17.2 Å². The van der Waals surface area contributed by atoms with Crippen LogP contribution in [0.15, 0.2) is 0 Å². The van der Waals surface area contributed by atoms with E-state index >= 15 is 0 Å². The molecule has 0 spiro atoms. The van der Waals surface area contributed by atoms with Crippen molar-refractivity contribution in [1.29, 1.82) is 0 Å². The van der Waals surface area contributed by atoms with E-state index in [1.165, 1.54) is 0 Å². The molecule has 0 aromatic heterocycles. The molecule has 52 valence electrons. The van der Waals surface area contributed by atoms with Crippen molar-refractivity contribution in [1.82, 2.24) is 0 Å². The molecule has 1 unspecified atom stereocenters. The molecule has 0 aliphatic carbocycles. The summed E-state index contributed by atoms with van der Waals surface area (Å²) in [5.41, 5.74) is 0. The first-order valence-corrected chi connectivity index (χ1v) is 2.64. The molecule has 0 aliphatic rings. The van der Waals surface area contributed by atoms with Crippen LogP contribution >= 0.6 is 12.6 Å². The van der Waals surface area contributed by atoms with E-state index in [0.29, 0.717) is 0 Å². The smallest absolute Gasteiger partial charge is 0.550 e. The van der Waals surface area contributed by atoms with Gasteiger partial charge in [-0.05, 0) is 0 Å². The molecule has 1 atom stereocenters. The van der Waals surface area contributed by atoms with Crippen LogP contribution in [-0.2, 0) is 9.59 Å². The van der Waals surface area contributed by atoms with Crippen LogP contribution in [0.1, 0.15) is 6.42 Å². The zero-order valence-corrected chi connectivity index (χ0v) is 11.3. The van der Waals surface area contributed by atoms with E-state index in [9.17, 15) is 19.8 Å². The van der Waals surface area contributed by atoms with Crippen LogP contribution < -0.4 is 69.3 Å². The van der Waals surface area contributed by atoms with E-state index in [4.69, 9.17) is 0 Å². The van der Waals surface area contributed by atoms with E-state index in [2.05, 4.69) is 12.6 Å². The number of carboxylic acids is 2. The maximum atomic E-state index is 9.76. The number of aliphatic carboxylic acids is 2. The third kappa shape index (κ3) is 11.3. The van der Waals surface area contributed by atoms with Gasteiger partial charge in [-0.1, -0.05) is 0 Å². The van der Waals surface area contributed by atoms with Crippen LogP contribution in [0, 0.1) is 0 Å². The molecule has 0 radical (unpaired) electrons. The molecule has 0 amide bonds. The zero-order chi connectivity index (χ0) is 7.44. The van der Waals surface area contributed by atoms with Gasteiger partial charge in [-0.2, -0.15) is 12.6 Å². The number of carboxylic acid groups (broad SMARTS) is 2. The molecule has 11 heavy (non-hydrogen) atoms. The molecule has 7 heteroatoms. The average Bonchev–Trinajstić information content (AvgIpc) is 1.63. The minimum absolute atomic E-state index is 0. The summed E-state index contributed by atoms with van der Waals surface area (Å²) in [5, 5.41) is 18.2. The quantitative estimate of drug-likeness (QED) is 0.357. The molecule has 0 heterocycles. The van der Waals surface area contributed by atoms with Gasteiger partial charge in [0, 0.05) is 17.6 Å². The van der Waals surface area contributed by atoms with Gasteiger partial charge in [-0.15, -0.1) is 0 Å². The molecule has 0 rings (SSSR count). The van der Waals surface area contributed by atoms with Crippen LogP contribution in [0.4, 0.5) is 0 Å². The Labute approximate surface area is 114 Å². The van der Waals surface area contributed by atoms with Crippen LogP contribution in [0.2, 0.25) is 0 Å². The summed E-state index contributed by atoms with van der Waals surface area (Å²) in [5.74, 6) is -2.94. The Morgan fingerprint density at radius 2 is 1.64 bits per heavy atom. The van der Waals surface area contributed by atoms with Crippen molar-refractivity contribution in [3.8, 4) is 0 Å². The van der Waals surface area contributed by atoms with Gasteiger partial charge in [0.15, 0.2) is 0 Å². The Balaban J connectivity index is -0.000000320. The maximum absolute atomic E-state index is 9.76. The van der Waals surface area contributed by atoms with E-state index in [1.807, 2.05) is 0 Å². The van der Waals surface area contributed by atoms with Crippen LogP contribution in [0.3, 0.4) is 0 Å². The maximum Gasteiger partial charge on any atom is 1.00 e. The molecular weight excluding hydrogens is 190 g/mol. The number of hydrogen-bond acceptors (Lipinski definition) is 5. The largest absolute Gasteiger partial charge is 1.00 e. The normalized spacial score (nSPS) is 10.3. The van der Waals surface area contributed by atoms with Gasteiger partial charge in [0.25, 0.3) is 0 Å². The Morgan fingerprint density at radius 1 is 1.27 bits per heavy atom. The third-order valence-corrected chi connectivity index (χ3v) is 1.03. The SMILES string of the molecule is O=C([O-])CC(S)C(=O)[O-].[Na+].[Na+]. The second kappa shape index (κ2) is 9.38. The molecule has 0 bridgehead atoms. The predicted molar refractivity (Wildman–Crippen MR) is 27.4 cm³/mol. The summed E-state index contributed by atoms with van der Waals surface area (Å²) in [6.07, 6.45) is -0.620. The van der Waals surface area contributed by atoms with Crippen molar-refractivity contribution in [2.45, 2.75) is 11.7 Å². The van der Waals surface area contributed by atoms with Gasteiger partial charge in [-0.3, -0.25) is 0 Å². The van der Waals surface area contributed by atoms with Crippen molar-refractivity contribution in [2.24, 2.45) is 0 Å². The fourth-order valence-electron chi connectivity index (χ4n) is 0.241. The predicted octanol–water partition coefficient (Wildman–Crippen LogP) is -8.82. The Morgan fingerprint density at radius 3 is 1.73 bits per heavy atom. The van der Waals surface area contributed by atoms with E-state index in [0.717, 1.165) is 0 Å². The number of thiol groups is 1. The fourth-order valence-corrected chi connectivity index (χ4v) is 0.390. The second-order valence-electron chi connectivity index (χ2n) is 1.41. The van der Waals surface area contributed by atoms with Gasteiger partial charge in [0.2, 0.25) is 0 Å². The van der Waals surface area contributed by atoms with Crippen molar-refractivity contribution in [3.05, 3.63) is 0 Å². The van der Waals surface area contributed by atoms with Crippen LogP contribution in [0.25, 0.3) is 0 Å². The van der Waals surface area contributed by atoms with Crippen molar-refractivity contribution in [2.75, 3.05) is 0 Å². The van der Waals surface area contributed by atoms with Crippen molar-refractivity contribution < 1.29 is 78.9 Å². The topological polar surface area (TPSA) is 80.3 Å². The van der Waals surface area contributed by atoms with Crippen LogP contribution in [0.5, 0.6) is 0 Å². The van der Waals surface area contributed by atoms with Gasteiger partial charge >= 0.3 is 59.1 Å². The number of rotatable bonds is 3. The average molecular weight is 194 g/mol. The molecule has 4 nitrogen and oxygen atoms in total. The standard InChI is InChI=1S/C4H6O4S.2Na/c5-3(6)1-2(9)4(7)8;;/h2,9H,1H2,(H,5,6)(H,7,8);;/q;2*+1/p-2. The summed E-state index contributed by atoms with van der Waals surface area (Å²) >= 11 is 3.38. The van der Waals surface area contributed by atoms with E-state index in [-0.39, 0.29) is 59.1 Å². The monoisotopic (exact) mass is 194 g/mol.